The monoisotopic (exact) mass is 488 g/mol. The summed E-state index contributed by atoms with van der Waals surface area (Å²) in [5, 5.41) is 8.21. The molecule has 0 unspecified atom stereocenters. The van der Waals surface area contributed by atoms with Crippen molar-refractivity contribution >= 4 is 29.2 Å². The predicted molar refractivity (Wildman–Crippen MR) is 119 cm³/mol. The van der Waals surface area contributed by atoms with Gasteiger partial charge in [0.1, 0.15) is 0 Å². The van der Waals surface area contributed by atoms with E-state index in [0.29, 0.717) is 26.7 Å². The van der Waals surface area contributed by atoms with Crippen LogP contribution in [0, 0.1) is 13.8 Å². The predicted octanol–water partition coefficient (Wildman–Crippen LogP) is 3.91. The van der Waals surface area contributed by atoms with E-state index in [9.17, 15) is 27.6 Å². The highest BCUT2D eigenvalue weighted by molar-refractivity contribution is 7.12. The van der Waals surface area contributed by atoms with Gasteiger partial charge in [-0.3, -0.25) is 14.9 Å². The Hall–Kier alpha value is -3.73. The van der Waals surface area contributed by atoms with Crippen molar-refractivity contribution in [1.82, 2.24) is 20.9 Å². The van der Waals surface area contributed by atoms with Gasteiger partial charge in [-0.2, -0.15) is 13.2 Å². The number of nitrogens with one attached hydrogen (secondary N) is 3. The Bertz CT molecular complexity index is 1290. The molecule has 176 valence electrons. The van der Waals surface area contributed by atoms with E-state index in [-0.39, 0.29) is 12.1 Å². The number of carbonyl (C=O) groups excluding carboxylic acids is 3. The lowest BCUT2D eigenvalue weighted by atomic mass is 9.95. The van der Waals surface area contributed by atoms with Gasteiger partial charge in [-0.05, 0) is 43.2 Å². The molecule has 2 aromatic carbocycles. The number of carbonyl (C=O) groups is 3. The zero-order chi connectivity index (χ0) is 24.7. The van der Waals surface area contributed by atoms with Gasteiger partial charge in [0.2, 0.25) is 0 Å². The fourth-order valence-electron chi connectivity index (χ4n) is 3.86. The zero-order valence-corrected chi connectivity index (χ0v) is 18.9. The van der Waals surface area contributed by atoms with Crippen molar-refractivity contribution < 1.29 is 27.6 Å². The van der Waals surface area contributed by atoms with Gasteiger partial charge in [-0.1, -0.05) is 30.3 Å². The Morgan fingerprint density at radius 3 is 2.32 bits per heavy atom. The van der Waals surface area contributed by atoms with Crippen LogP contribution in [0.4, 0.5) is 18.0 Å². The van der Waals surface area contributed by atoms with Gasteiger partial charge in [-0.25, -0.2) is 9.78 Å². The molecule has 2 heterocycles. The van der Waals surface area contributed by atoms with Gasteiger partial charge >= 0.3 is 12.2 Å². The molecular weight excluding hydrogens is 469 g/mol. The number of nitrogens with zero attached hydrogens (tertiary/aromatic N) is 1. The highest BCUT2D eigenvalue weighted by atomic mass is 32.1. The first kappa shape index (κ1) is 23.4. The SMILES string of the molecule is Cc1nc(C)c([C@]2(CNC(=O)c3ccccc3-c3ccc(C(F)(F)F)cc3)NC(=O)NC2=O)s1. The van der Waals surface area contributed by atoms with Crippen molar-refractivity contribution in [1.29, 1.82) is 0 Å². The van der Waals surface area contributed by atoms with E-state index in [4.69, 9.17) is 0 Å². The zero-order valence-electron chi connectivity index (χ0n) is 18.0. The summed E-state index contributed by atoms with van der Waals surface area (Å²) in [4.78, 5) is 42.7. The minimum Gasteiger partial charge on any atom is -0.349 e. The minimum atomic E-state index is -4.47. The fourth-order valence-corrected chi connectivity index (χ4v) is 4.92. The third-order valence-electron chi connectivity index (χ3n) is 5.44. The molecule has 0 radical (unpaired) electrons. The molecular formula is C23H19F3N4O3S. The van der Waals surface area contributed by atoms with Gasteiger partial charge in [-0.15, -0.1) is 11.3 Å². The Morgan fingerprint density at radius 2 is 1.76 bits per heavy atom. The molecule has 34 heavy (non-hydrogen) atoms. The van der Waals surface area contributed by atoms with Crippen molar-refractivity contribution in [3.05, 3.63) is 75.2 Å². The lowest BCUT2D eigenvalue weighted by Gasteiger charge is -2.26. The fraction of sp³-hybridized carbons (Fsp3) is 0.217. The Morgan fingerprint density at radius 1 is 1.09 bits per heavy atom. The number of alkyl halides is 3. The molecule has 11 heteroatoms. The van der Waals surface area contributed by atoms with Crippen LogP contribution < -0.4 is 16.0 Å². The first-order valence-corrected chi connectivity index (χ1v) is 11.0. The van der Waals surface area contributed by atoms with Gasteiger partial charge in [0, 0.05) is 5.56 Å². The summed E-state index contributed by atoms with van der Waals surface area (Å²) >= 11 is 1.24. The molecule has 1 saturated heterocycles. The molecule has 4 amide bonds. The third-order valence-corrected chi connectivity index (χ3v) is 6.68. The number of halogens is 3. The lowest BCUT2D eigenvalue weighted by Crippen LogP contribution is -2.52. The van der Waals surface area contributed by atoms with Crippen molar-refractivity contribution in [3.63, 3.8) is 0 Å². The molecule has 3 N–H and O–H groups in total. The van der Waals surface area contributed by atoms with E-state index >= 15 is 0 Å². The second-order valence-corrected chi connectivity index (χ2v) is 8.97. The number of imide groups is 1. The summed E-state index contributed by atoms with van der Waals surface area (Å²) in [5.41, 5.74) is -0.704. The maximum absolute atomic E-state index is 13.1. The largest absolute Gasteiger partial charge is 0.416 e. The number of rotatable bonds is 5. The average molecular weight is 488 g/mol. The number of aryl methyl sites for hydroxylation is 2. The number of urea groups is 1. The van der Waals surface area contributed by atoms with E-state index in [2.05, 4.69) is 20.9 Å². The Labute approximate surface area is 196 Å². The summed E-state index contributed by atoms with van der Waals surface area (Å²) in [6.07, 6.45) is -4.47. The second-order valence-electron chi connectivity index (χ2n) is 7.76. The molecule has 1 aromatic heterocycles. The van der Waals surface area contributed by atoms with E-state index in [1.165, 1.54) is 29.5 Å². The Balaban J connectivity index is 1.63. The lowest BCUT2D eigenvalue weighted by molar-refractivity contribution is -0.137. The molecule has 1 aliphatic rings. The van der Waals surface area contributed by atoms with Gasteiger partial charge in [0.05, 0.1) is 27.7 Å². The van der Waals surface area contributed by atoms with E-state index in [0.717, 1.165) is 12.1 Å². The summed E-state index contributed by atoms with van der Waals surface area (Å²) < 4.78 is 38.7. The number of aromatic nitrogens is 1. The van der Waals surface area contributed by atoms with Crippen molar-refractivity contribution in [3.8, 4) is 11.1 Å². The van der Waals surface area contributed by atoms with Crippen LogP contribution in [0.3, 0.4) is 0 Å². The van der Waals surface area contributed by atoms with E-state index < -0.39 is 35.1 Å². The highest BCUT2D eigenvalue weighted by Gasteiger charge is 2.50. The van der Waals surface area contributed by atoms with E-state index in [1.54, 1.807) is 32.0 Å². The molecule has 0 saturated carbocycles. The van der Waals surface area contributed by atoms with Crippen LogP contribution in [0.25, 0.3) is 11.1 Å². The minimum absolute atomic E-state index is 0.208. The number of thiazole rings is 1. The van der Waals surface area contributed by atoms with Gasteiger partial charge in [0.25, 0.3) is 11.8 Å². The quantitative estimate of drug-likeness (QED) is 0.474. The summed E-state index contributed by atoms with van der Waals surface area (Å²) in [7, 11) is 0. The Kier molecular flexibility index (Phi) is 5.90. The van der Waals surface area contributed by atoms with Crippen molar-refractivity contribution in [2.75, 3.05) is 6.54 Å². The molecule has 4 rings (SSSR count). The molecule has 0 spiro atoms. The topological polar surface area (TPSA) is 100 Å². The summed E-state index contributed by atoms with van der Waals surface area (Å²) in [6.45, 7) is 3.23. The molecule has 7 nitrogen and oxygen atoms in total. The van der Waals surface area contributed by atoms with Crippen LogP contribution in [-0.4, -0.2) is 29.4 Å². The summed E-state index contributed by atoms with van der Waals surface area (Å²) in [5.74, 6) is -1.16. The molecule has 1 fully saturated rings. The van der Waals surface area contributed by atoms with Crippen LogP contribution in [0.1, 0.15) is 31.5 Å². The first-order valence-electron chi connectivity index (χ1n) is 10.1. The molecule has 3 aromatic rings. The molecule has 0 bridgehead atoms. The first-order chi connectivity index (χ1) is 16.0. The maximum atomic E-state index is 13.1. The van der Waals surface area contributed by atoms with Crippen LogP contribution >= 0.6 is 11.3 Å². The standard InChI is InChI=1S/C23H19F3N4O3S/c1-12-18(34-13(2)28-12)22(20(32)29-21(33)30-22)11-27-19(31)17-6-4-3-5-16(17)14-7-9-15(10-8-14)23(24,25)26/h3-10H,11H2,1-2H3,(H,27,31)(H2,29,30,32,33)/t22-/m0/s1. The van der Waals surface area contributed by atoms with Crippen LogP contribution in [0.2, 0.25) is 0 Å². The summed E-state index contributed by atoms with van der Waals surface area (Å²) in [6, 6.07) is 10.2. The van der Waals surface area contributed by atoms with Crippen LogP contribution in [-0.2, 0) is 16.5 Å². The smallest absolute Gasteiger partial charge is 0.349 e. The number of hydrogen-bond donors (Lipinski definition) is 3. The molecule has 1 aliphatic heterocycles. The number of benzene rings is 2. The number of hydrogen-bond acceptors (Lipinski definition) is 5. The maximum Gasteiger partial charge on any atom is 0.416 e. The van der Waals surface area contributed by atoms with Gasteiger partial charge in [0.15, 0.2) is 5.54 Å². The van der Waals surface area contributed by atoms with Crippen molar-refractivity contribution in [2.24, 2.45) is 0 Å². The van der Waals surface area contributed by atoms with Crippen molar-refractivity contribution in [2.45, 2.75) is 25.6 Å². The number of amides is 4. The highest BCUT2D eigenvalue weighted by Crippen LogP contribution is 2.34. The normalized spacial score (nSPS) is 17.9. The van der Waals surface area contributed by atoms with Crippen LogP contribution in [0.5, 0.6) is 0 Å². The van der Waals surface area contributed by atoms with Gasteiger partial charge < -0.3 is 10.6 Å². The van der Waals surface area contributed by atoms with E-state index in [1.807, 2.05) is 0 Å². The molecule has 1 atom stereocenters. The molecule has 0 aliphatic carbocycles. The average Bonchev–Trinajstić information content (AvgIpc) is 3.28. The second kappa shape index (κ2) is 8.56. The third kappa shape index (κ3) is 4.26. The van der Waals surface area contributed by atoms with Crippen LogP contribution in [0.15, 0.2) is 48.5 Å².